The Labute approximate surface area is 121 Å². The molecule has 1 aromatic carbocycles. The van der Waals surface area contributed by atoms with Crippen LogP contribution in [0.25, 0.3) is 11.0 Å². The zero-order valence-corrected chi connectivity index (χ0v) is 12.1. The SMILES string of the molecule is CCNC(c1cc2ccccc2o1)c1ccc(Cl)s1. The second-order valence-corrected chi connectivity index (χ2v) is 6.07. The van der Waals surface area contributed by atoms with Gasteiger partial charge in [-0.3, -0.25) is 0 Å². The number of thiophene rings is 1. The third kappa shape index (κ3) is 2.54. The van der Waals surface area contributed by atoms with Crippen molar-refractivity contribution < 1.29 is 4.42 Å². The van der Waals surface area contributed by atoms with E-state index in [4.69, 9.17) is 16.0 Å². The number of rotatable bonds is 4. The first-order chi connectivity index (χ1) is 9.28. The molecule has 0 saturated heterocycles. The Morgan fingerprint density at radius 2 is 2.11 bits per heavy atom. The molecule has 4 heteroatoms. The molecule has 0 bridgehead atoms. The number of hydrogen-bond acceptors (Lipinski definition) is 3. The summed E-state index contributed by atoms with van der Waals surface area (Å²) in [5.74, 6) is 0.932. The molecule has 0 amide bonds. The Morgan fingerprint density at radius 3 is 2.79 bits per heavy atom. The molecule has 1 atom stereocenters. The third-order valence-electron chi connectivity index (χ3n) is 3.02. The van der Waals surface area contributed by atoms with Gasteiger partial charge in [-0.15, -0.1) is 11.3 Å². The fourth-order valence-corrected chi connectivity index (χ4v) is 3.32. The van der Waals surface area contributed by atoms with E-state index in [0.717, 1.165) is 27.6 Å². The van der Waals surface area contributed by atoms with Gasteiger partial charge in [0.1, 0.15) is 17.4 Å². The smallest absolute Gasteiger partial charge is 0.134 e. The summed E-state index contributed by atoms with van der Waals surface area (Å²) >= 11 is 7.61. The molecule has 1 unspecified atom stereocenters. The topological polar surface area (TPSA) is 25.2 Å². The molecule has 0 spiro atoms. The maximum Gasteiger partial charge on any atom is 0.134 e. The Balaban J connectivity index is 2.03. The van der Waals surface area contributed by atoms with E-state index in [-0.39, 0.29) is 6.04 Å². The maximum atomic E-state index is 6.03. The largest absolute Gasteiger partial charge is 0.459 e. The van der Waals surface area contributed by atoms with E-state index in [1.54, 1.807) is 11.3 Å². The van der Waals surface area contributed by atoms with Crippen molar-refractivity contribution >= 4 is 33.9 Å². The minimum Gasteiger partial charge on any atom is -0.459 e. The molecule has 98 valence electrons. The van der Waals surface area contributed by atoms with Crippen molar-refractivity contribution in [3.05, 3.63) is 57.4 Å². The molecule has 3 aromatic rings. The summed E-state index contributed by atoms with van der Waals surface area (Å²) < 4.78 is 6.75. The summed E-state index contributed by atoms with van der Waals surface area (Å²) in [5, 5.41) is 4.58. The summed E-state index contributed by atoms with van der Waals surface area (Å²) in [6.07, 6.45) is 0. The van der Waals surface area contributed by atoms with Crippen LogP contribution >= 0.6 is 22.9 Å². The first-order valence-corrected chi connectivity index (χ1v) is 7.44. The van der Waals surface area contributed by atoms with Gasteiger partial charge in [0.05, 0.1) is 4.34 Å². The molecule has 19 heavy (non-hydrogen) atoms. The molecule has 0 radical (unpaired) electrons. The summed E-state index contributed by atoms with van der Waals surface area (Å²) in [6, 6.07) is 14.2. The maximum absolute atomic E-state index is 6.03. The molecular formula is C15H14ClNOS. The first-order valence-electron chi connectivity index (χ1n) is 6.25. The number of furan rings is 1. The van der Waals surface area contributed by atoms with Crippen molar-refractivity contribution in [3.63, 3.8) is 0 Å². The molecule has 2 heterocycles. The van der Waals surface area contributed by atoms with Gasteiger partial charge in [0.2, 0.25) is 0 Å². The van der Waals surface area contributed by atoms with Crippen molar-refractivity contribution in [2.75, 3.05) is 6.54 Å². The lowest BCUT2D eigenvalue weighted by Gasteiger charge is -2.13. The van der Waals surface area contributed by atoms with E-state index in [9.17, 15) is 0 Å². The van der Waals surface area contributed by atoms with Crippen LogP contribution in [0.1, 0.15) is 23.6 Å². The van der Waals surface area contributed by atoms with E-state index in [1.807, 2.05) is 30.3 Å². The van der Waals surface area contributed by atoms with Crippen LogP contribution in [0.15, 0.2) is 46.9 Å². The summed E-state index contributed by atoms with van der Waals surface area (Å²) in [5.41, 5.74) is 0.919. The van der Waals surface area contributed by atoms with Crippen LogP contribution in [-0.4, -0.2) is 6.54 Å². The monoisotopic (exact) mass is 291 g/mol. The van der Waals surface area contributed by atoms with Gasteiger partial charge < -0.3 is 9.73 Å². The van der Waals surface area contributed by atoms with Gasteiger partial charge >= 0.3 is 0 Å². The zero-order chi connectivity index (χ0) is 13.2. The molecule has 0 saturated carbocycles. The van der Waals surface area contributed by atoms with Gasteiger partial charge in [-0.25, -0.2) is 0 Å². The number of fused-ring (bicyclic) bond motifs is 1. The van der Waals surface area contributed by atoms with Crippen LogP contribution in [0, 0.1) is 0 Å². The minimum absolute atomic E-state index is 0.0647. The highest BCUT2D eigenvalue weighted by Crippen LogP contribution is 2.33. The second-order valence-electron chi connectivity index (χ2n) is 4.32. The summed E-state index contributed by atoms with van der Waals surface area (Å²) in [6.45, 7) is 2.96. The quantitative estimate of drug-likeness (QED) is 0.743. The Kier molecular flexibility index (Phi) is 3.60. The van der Waals surface area contributed by atoms with Crippen LogP contribution < -0.4 is 5.32 Å². The van der Waals surface area contributed by atoms with Gasteiger partial charge in [0, 0.05) is 10.3 Å². The first kappa shape index (κ1) is 12.7. The van der Waals surface area contributed by atoms with Crippen molar-refractivity contribution in [2.45, 2.75) is 13.0 Å². The summed E-state index contributed by atoms with van der Waals surface area (Å²) in [4.78, 5) is 1.17. The van der Waals surface area contributed by atoms with Crippen molar-refractivity contribution in [1.29, 1.82) is 0 Å². The van der Waals surface area contributed by atoms with E-state index >= 15 is 0 Å². The Hall–Kier alpha value is -1.29. The Bertz CT molecular complexity index is 655. The zero-order valence-electron chi connectivity index (χ0n) is 10.5. The highest BCUT2D eigenvalue weighted by atomic mass is 35.5. The number of halogens is 1. The fraction of sp³-hybridized carbons (Fsp3) is 0.200. The van der Waals surface area contributed by atoms with Gasteiger partial charge in [0.25, 0.3) is 0 Å². The summed E-state index contributed by atoms with van der Waals surface area (Å²) in [7, 11) is 0. The van der Waals surface area contributed by atoms with Crippen LogP contribution in [-0.2, 0) is 0 Å². The van der Waals surface area contributed by atoms with Crippen LogP contribution in [0.3, 0.4) is 0 Å². The number of nitrogens with one attached hydrogen (secondary N) is 1. The average molecular weight is 292 g/mol. The molecule has 0 aliphatic heterocycles. The van der Waals surface area contributed by atoms with Crippen LogP contribution in [0.4, 0.5) is 0 Å². The second kappa shape index (κ2) is 5.37. The number of hydrogen-bond donors (Lipinski definition) is 1. The van der Waals surface area contributed by atoms with Crippen molar-refractivity contribution in [3.8, 4) is 0 Å². The molecule has 0 aliphatic rings. The molecule has 2 nitrogen and oxygen atoms in total. The molecule has 2 aromatic heterocycles. The molecular weight excluding hydrogens is 278 g/mol. The van der Waals surface area contributed by atoms with Gasteiger partial charge in [0.15, 0.2) is 0 Å². The fourth-order valence-electron chi connectivity index (χ4n) is 2.17. The molecule has 3 rings (SSSR count). The van der Waals surface area contributed by atoms with E-state index in [1.165, 1.54) is 4.88 Å². The number of benzene rings is 1. The standard InChI is InChI=1S/C15H14ClNOS/c1-2-17-15(13-7-8-14(16)19-13)12-9-10-5-3-4-6-11(10)18-12/h3-9,15,17H,2H2,1H3. The van der Waals surface area contributed by atoms with Crippen LogP contribution in [0.2, 0.25) is 4.34 Å². The third-order valence-corrected chi connectivity index (χ3v) is 4.31. The normalized spacial score (nSPS) is 12.9. The predicted molar refractivity (Wildman–Crippen MR) is 81.1 cm³/mol. The lowest BCUT2D eigenvalue weighted by atomic mass is 10.1. The molecule has 0 fully saturated rings. The lowest BCUT2D eigenvalue weighted by molar-refractivity contribution is 0.481. The van der Waals surface area contributed by atoms with Gasteiger partial charge in [-0.05, 0) is 30.8 Å². The molecule has 1 N–H and O–H groups in total. The number of para-hydroxylation sites is 1. The minimum atomic E-state index is 0.0647. The highest BCUT2D eigenvalue weighted by molar-refractivity contribution is 7.16. The predicted octanol–water partition coefficient (Wildman–Crippen LogP) is 4.85. The average Bonchev–Trinajstić information content (AvgIpc) is 3.01. The van der Waals surface area contributed by atoms with E-state index in [0.29, 0.717) is 0 Å². The lowest BCUT2D eigenvalue weighted by Crippen LogP contribution is -2.20. The van der Waals surface area contributed by atoms with E-state index < -0.39 is 0 Å². The van der Waals surface area contributed by atoms with E-state index in [2.05, 4.69) is 24.4 Å². The highest BCUT2D eigenvalue weighted by Gasteiger charge is 2.19. The molecule has 0 aliphatic carbocycles. The van der Waals surface area contributed by atoms with Crippen molar-refractivity contribution in [1.82, 2.24) is 5.32 Å². The van der Waals surface area contributed by atoms with Gasteiger partial charge in [-0.1, -0.05) is 36.7 Å². The van der Waals surface area contributed by atoms with Crippen LogP contribution in [0.5, 0.6) is 0 Å². The van der Waals surface area contributed by atoms with Gasteiger partial charge in [-0.2, -0.15) is 0 Å². The Morgan fingerprint density at radius 1 is 1.26 bits per heavy atom. The van der Waals surface area contributed by atoms with Crippen molar-refractivity contribution in [2.24, 2.45) is 0 Å².